The van der Waals surface area contributed by atoms with E-state index >= 15 is 0 Å². The second-order valence-corrected chi connectivity index (χ2v) is 4.31. The Balaban J connectivity index is 2.28. The highest BCUT2D eigenvalue weighted by molar-refractivity contribution is 5.50. The molecule has 16 heavy (non-hydrogen) atoms. The van der Waals surface area contributed by atoms with Crippen molar-refractivity contribution < 1.29 is 0 Å². The van der Waals surface area contributed by atoms with Gasteiger partial charge >= 0.3 is 0 Å². The topological polar surface area (TPSA) is 61.8 Å². The predicted molar refractivity (Wildman–Crippen MR) is 64.8 cm³/mol. The van der Waals surface area contributed by atoms with Gasteiger partial charge in [0, 0.05) is 11.7 Å². The third kappa shape index (κ3) is 2.34. The summed E-state index contributed by atoms with van der Waals surface area (Å²) in [7, 11) is 0. The lowest BCUT2D eigenvalue weighted by Crippen LogP contribution is -2.21. The van der Waals surface area contributed by atoms with Gasteiger partial charge in [-0.15, -0.1) is 0 Å². The number of nitrogens with two attached hydrogens (primary N) is 1. The predicted octanol–water partition coefficient (Wildman–Crippen LogP) is 2.35. The van der Waals surface area contributed by atoms with E-state index < -0.39 is 0 Å². The van der Waals surface area contributed by atoms with Crippen LogP contribution in [0, 0.1) is 11.3 Å². The van der Waals surface area contributed by atoms with E-state index in [9.17, 15) is 0 Å². The lowest BCUT2D eigenvalue weighted by molar-refractivity contribution is 0.534. The Labute approximate surface area is 96.3 Å². The van der Waals surface area contributed by atoms with E-state index in [0.29, 0.717) is 17.3 Å². The SMILES string of the molecule is N#Cc1cc(N)ccc1[C@H]1CCCCCN1. The lowest BCUT2D eigenvalue weighted by atomic mass is 9.97. The highest BCUT2D eigenvalue weighted by Gasteiger charge is 2.16. The molecular formula is C13H17N3. The molecule has 1 heterocycles. The van der Waals surface area contributed by atoms with Crippen molar-refractivity contribution in [3.8, 4) is 6.07 Å². The summed E-state index contributed by atoms with van der Waals surface area (Å²) < 4.78 is 0. The van der Waals surface area contributed by atoms with E-state index in [-0.39, 0.29) is 0 Å². The smallest absolute Gasteiger partial charge is 0.0995 e. The molecule has 1 aromatic rings. The summed E-state index contributed by atoms with van der Waals surface area (Å²) in [5.74, 6) is 0. The molecule has 0 spiro atoms. The summed E-state index contributed by atoms with van der Waals surface area (Å²) >= 11 is 0. The first-order valence-corrected chi connectivity index (χ1v) is 5.84. The molecule has 1 saturated heterocycles. The van der Waals surface area contributed by atoms with E-state index in [4.69, 9.17) is 11.0 Å². The highest BCUT2D eigenvalue weighted by Crippen LogP contribution is 2.26. The molecule has 0 bridgehead atoms. The van der Waals surface area contributed by atoms with E-state index in [1.807, 2.05) is 12.1 Å². The van der Waals surface area contributed by atoms with Crippen LogP contribution in [-0.2, 0) is 0 Å². The molecule has 3 heteroatoms. The van der Waals surface area contributed by atoms with Gasteiger partial charge < -0.3 is 11.1 Å². The van der Waals surface area contributed by atoms with Crippen LogP contribution in [0.3, 0.4) is 0 Å². The Morgan fingerprint density at radius 3 is 3.00 bits per heavy atom. The van der Waals surface area contributed by atoms with Crippen molar-refractivity contribution >= 4 is 5.69 Å². The number of rotatable bonds is 1. The Morgan fingerprint density at radius 1 is 1.31 bits per heavy atom. The number of nitrogens with one attached hydrogen (secondary N) is 1. The molecule has 2 rings (SSSR count). The zero-order valence-corrected chi connectivity index (χ0v) is 9.37. The Morgan fingerprint density at radius 2 is 2.19 bits per heavy atom. The van der Waals surface area contributed by atoms with E-state index in [2.05, 4.69) is 11.4 Å². The van der Waals surface area contributed by atoms with Gasteiger partial charge in [0.05, 0.1) is 11.6 Å². The zero-order valence-electron chi connectivity index (χ0n) is 9.37. The average Bonchev–Trinajstić information content (AvgIpc) is 2.57. The maximum absolute atomic E-state index is 9.11. The van der Waals surface area contributed by atoms with Crippen LogP contribution in [0.15, 0.2) is 18.2 Å². The van der Waals surface area contributed by atoms with E-state index in [1.165, 1.54) is 19.3 Å². The van der Waals surface area contributed by atoms with Gasteiger partial charge in [0.25, 0.3) is 0 Å². The van der Waals surface area contributed by atoms with Gasteiger partial charge in [0.1, 0.15) is 0 Å². The van der Waals surface area contributed by atoms with Crippen LogP contribution < -0.4 is 11.1 Å². The van der Waals surface area contributed by atoms with Crippen LogP contribution in [0.4, 0.5) is 5.69 Å². The third-order valence-electron chi connectivity index (χ3n) is 3.13. The molecule has 1 aliphatic rings. The minimum atomic E-state index is 0.317. The molecule has 0 unspecified atom stereocenters. The standard InChI is InChI=1S/C13H17N3/c14-9-10-8-11(15)5-6-12(10)13-4-2-1-3-7-16-13/h5-6,8,13,16H,1-4,7,15H2/t13-/m1/s1. The maximum Gasteiger partial charge on any atom is 0.0995 e. The summed E-state index contributed by atoms with van der Waals surface area (Å²) in [5.41, 5.74) is 8.16. The van der Waals surface area contributed by atoms with Gasteiger partial charge in [0.2, 0.25) is 0 Å². The first-order chi connectivity index (χ1) is 7.81. The zero-order chi connectivity index (χ0) is 11.4. The lowest BCUT2D eigenvalue weighted by Gasteiger charge is -2.17. The molecule has 0 amide bonds. The minimum Gasteiger partial charge on any atom is -0.399 e. The number of anilines is 1. The van der Waals surface area contributed by atoms with Crippen molar-refractivity contribution in [1.29, 1.82) is 5.26 Å². The number of hydrogen-bond acceptors (Lipinski definition) is 3. The molecule has 1 fully saturated rings. The summed E-state index contributed by atoms with van der Waals surface area (Å²) in [4.78, 5) is 0. The number of nitriles is 1. The molecule has 0 radical (unpaired) electrons. The average molecular weight is 215 g/mol. The van der Waals surface area contributed by atoms with Crippen LogP contribution >= 0.6 is 0 Å². The number of hydrogen-bond donors (Lipinski definition) is 2. The van der Waals surface area contributed by atoms with Gasteiger partial charge in [-0.1, -0.05) is 18.9 Å². The third-order valence-corrected chi connectivity index (χ3v) is 3.13. The molecule has 0 aliphatic carbocycles. The normalized spacial score (nSPS) is 21.1. The molecule has 3 N–H and O–H groups in total. The fourth-order valence-corrected chi connectivity index (χ4v) is 2.27. The second kappa shape index (κ2) is 5.00. The van der Waals surface area contributed by atoms with Crippen molar-refractivity contribution in [2.45, 2.75) is 31.7 Å². The van der Waals surface area contributed by atoms with Crippen molar-refractivity contribution in [3.63, 3.8) is 0 Å². The molecule has 3 nitrogen and oxygen atoms in total. The fraction of sp³-hybridized carbons (Fsp3) is 0.462. The molecular weight excluding hydrogens is 198 g/mol. The highest BCUT2D eigenvalue weighted by atomic mass is 14.9. The fourth-order valence-electron chi connectivity index (χ4n) is 2.27. The molecule has 0 aromatic heterocycles. The van der Waals surface area contributed by atoms with Gasteiger partial charge in [-0.05, 0) is 37.1 Å². The molecule has 84 valence electrons. The molecule has 1 aromatic carbocycles. The van der Waals surface area contributed by atoms with Crippen LogP contribution in [-0.4, -0.2) is 6.54 Å². The summed E-state index contributed by atoms with van der Waals surface area (Å²) in [6.07, 6.45) is 4.85. The van der Waals surface area contributed by atoms with Gasteiger partial charge in [0.15, 0.2) is 0 Å². The van der Waals surface area contributed by atoms with Crippen LogP contribution in [0.1, 0.15) is 42.9 Å². The molecule has 1 atom stereocenters. The second-order valence-electron chi connectivity index (χ2n) is 4.31. The summed E-state index contributed by atoms with van der Waals surface area (Å²) in [6, 6.07) is 8.18. The van der Waals surface area contributed by atoms with Gasteiger partial charge in [-0.25, -0.2) is 0 Å². The number of nitrogen functional groups attached to an aromatic ring is 1. The summed E-state index contributed by atoms with van der Waals surface area (Å²) in [6.45, 7) is 1.04. The van der Waals surface area contributed by atoms with Crippen LogP contribution in [0.5, 0.6) is 0 Å². The first kappa shape index (κ1) is 11.0. The minimum absolute atomic E-state index is 0.317. The largest absolute Gasteiger partial charge is 0.399 e. The Kier molecular flexibility index (Phi) is 3.43. The maximum atomic E-state index is 9.11. The quantitative estimate of drug-likeness (QED) is 0.707. The Hall–Kier alpha value is -1.53. The monoisotopic (exact) mass is 215 g/mol. The van der Waals surface area contributed by atoms with Crippen molar-refractivity contribution in [2.75, 3.05) is 12.3 Å². The Bertz CT molecular complexity index is 398. The molecule has 1 aliphatic heterocycles. The van der Waals surface area contributed by atoms with E-state index in [0.717, 1.165) is 18.5 Å². The van der Waals surface area contributed by atoms with Crippen molar-refractivity contribution in [2.24, 2.45) is 0 Å². The van der Waals surface area contributed by atoms with E-state index in [1.54, 1.807) is 6.07 Å². The first-order valence-electron chi connectivity index (χ1n) is 5.84. The summed E-state index contributed by atoms with van der Waals surface area (Å²) in [5, 5.41) is 12.6. The van der Waals surface area contributed by atoms with Crippen molar-refractivity contribution in [1.82, 2.24) is 5.32 Å². The van der Waals surface area contributed by atoms with Crippen LogP contribution in [0.2, 0.25) is 0 Å². The number of nitrogens with zero attached hydrogens (tertiary/aromatic N) is 1. The van der Waals surface area contributed by atoms with Crippen molar-refractivity contribution in [3.05, 3.63) is 29.3 Å². The van der Waals surface area contributed by atoms with Crippen LogP contribution in [0.25, 0.3) is 0 Å². The molecule has 0 saturated carbocycles. The number of benzene rings is 1. The van der Waals surface area contributed by atoms with Gasteiger partial charge in [-0.3, -0.25) is 0 Å². The van der Waals surface area contributed by atoms with Gasteiger partial charge in [-0.2, -0.15) is 5.26 Å².